The van der Waals surface area contributed by atoms with E-state index in [1.54, 1.807) is 54.6 Å². The predicted molar refractivity (Wildman–Crippen MR) is 127 cm³/mol. The summed E-state index contributed by atoms with van der Waals surface area (Å²) in [5.41, 5.74) is 6.39. The smallest absolute Gasteiger partial charge is 0.286 e. The molecule has 0 aliphatic carbocycles. The predicted octanol–water partition coefficient (Wildman–Crippen LogP) is 1.88. The third kappa shape index (κ3) is 8.14. The van der Waals surface area contributed by atoms with Gasteiger partial charge in [-0.3, -0.25) is 14.4 Å². The van der Waals surface area contributed by atoms with Gasteiger partial charge >= 0.3 is 0 Å². The lowest BCUT2D eigenvalue weighted by Gasteiger charge is -2.15. The summed E-state index contributed by atoms with van der Waals surface area (Å²) in [5, 5.41) is 10.1. The number of hydrogen-bond acceptors (Lipinski definition) is 8. The van der Waals surface area contributed by atoms with Crippen LogP contribution in [0.2, 0.25) is 0 Å². The van der Waals surface area contributed by atoms with Gasteiger partial charge in [-0.1, -0.05) is 48.5 Å². The summed E-state index contributed by atoms with van der Waals surface area (Å²) in [6, 6.07) is 16.3. The standard InChI is InChI=1S/C24H25N4O6S/c25-20(29)13-7-12-19(22(31)24-28-27-23(34-24)18-10-5-2-6-11-18)26-21(30)14-15-35(32,33)16-17-8-3-1-4-9-17/h1-6,8-11,14,19H,7,12-13,15-16H2,(H2,25,29)(H,26,30)/t19-/m0/s1. The Kier molecular flexibility index (Phi) is 8.85. The van der Waals surface area contributed by atoms with Gasteiger partial charge in [-0.15, -0.1) is 10.2 Å². The molecule has 0 saturated carbocycles. The third-order valence-electron chi connectivity index (χ3n) is 4.96. The van der Waals surface area contributed by atoms with E-state index in [2.05, 4.69) is 15.5 Å². The Balaban J connectivity index is 1.65. The number of nitrogens with zero attached hydrogens (tertiary/aromatic N) is 2. The van der Waals surface area contributed by atoms with Crippen LogP contribution in [0.3, 0.4) is 0 Å². The highest BCUT2D eigenvalue weighted by atomic mass is 32.2. The molecule has 10 nitrogen and oxygen atoms in total. The maximum Gasteiger partial charge on any atom is 0.286 e. The fourth-order valence-electron chi connectivity index (χ4n) is 3.24. The number of carbonyl (C=O) groups is 3. The van der Waals surface area contributed by atoms with E-state index in [4.69, 9.17) is 10.2 Å². The Bertz CT molecular complexity index is 1260. The SMILES string of the molecule is NC(=O)CCC[C@H](NC(=O)[CH]CS(=O)(=O)Cc1ccccc1)C(=O)c1nnc(-c2ccccc2)o1. The highest BCUT2D eigenvalue weighted by molar-refractivity contribution is 7.90. The van der Waals surface area contributed by atoms with Gasteiger partial charge in [0.1, 0.15) is 0 Å². The first-order valence-corrected chi connectivity index (χ1v) is 12.6. The molecule has 3 aromatic rings. The quantitative estimate of drug-likeness (QED) is 0.338. The van der Waals surface area contributed by atoms with E-state index in [1.807, 2.05) is 6.07 Å². The van der Waals surface area contributed by atoms with Gasteiger partial charge in [0, 0.05) is 12.0 Å². The zero-order chi connectivity index (χ0) is 25.3. The van der Waals surface area contributed by atoms with Crippen molar-refractivity contribution in [1.82, 2.24) is 15.5 Å². The highest BCUT2D eigenvalue weighted by Crippen LogP contribution is 2.18. The largest absolute Gasteiger partial charge is 0.414 e. The number of nitrogens with two attached hydrogens (primary N) is 1. The lowest BCUT2D eigenvalue weighted by molar-refractivity contribution is -0.118. The van der Waals surface area contributed by atoms with E-state index in [1.165, 1.54) is 0 Å². The fraction of sp³-hybridized carbons (Fsp3) is 0.250. The first kappa shape index (κ1) is 25.8. The number of Topliss-reactive ketones (excluding diaryl/α,β-unsaturated/α-hetero) is 1. The lowest BCUT2D eigenvalue weighted by Crippen LogP contribution is -2.42. The molecule has 1 aromatic heterocycles. The summed E-state index contributed by atoms with van der Waals surface area (Å²) < 4.78 is 30.2. The first-order chi connectivity index (χ1) is 16.7. The second-order valence-electron chi connectivity index (χ2n) is 7.81. The summed E-state index contributed by atoms with van der Waals surface area (Å²) in [6.45, 7) is 0. The van der Waals surface area contributed by atoms with Crippen molar-refractivity contribution in [3.63, 3.8) is 0 Å². The molecule has 1 radical (unpaired) electrons. The minimum atomic E-state index is -3.60. The number of primary amides is 1. The molecular weight excluding hydrogens is 472 g/mol. The van der Waals surface area contributed by atoms with Crippen molar-refractivity contribution in [3.05, 3.63) is 78.5 Å². The van der Waals surface area contributed by atoms with Crippen molar-refractivity contribution in [2.75, 3.05) is 5.75 Å². The summed E-state index contributed by atoms with van der Waals surface area (Å²) in [4.78, 5) is 36.6. The van der Waals surface area contributed by atoms with E-state index < -0.39 is 39.2 Å². The average Bonchev–Trinajstić information content (AvgIpc) is 3.33. The van der Waals surface area contributed by atoms with Crippen LogP contribution < -0.4 is 11.1 Å². The Morgan fingerprint density at radius 2 is 1.66 bits per heavy atom. The van der Waals surface area contributed by atoms with Gasteiger partial charge < -0.3 is 15.5 Å². The van der Waals surface area contributed by atoms with Crippen LogP contribution in [0.4, 0.5) is 0 Å². The molecule has 1 atom stereocenters. The molecule has 0 unspecified atom stereocenters. The molecular formula is C24H25N4O6S. The Morgan fingerprint density at radius 3 is 2.31 bits per heavy atom. The zero-order valence-corrected chi connectivity index (χ0v) is 19.6. The van der Waals surface area contributed by atoms with E-state index >= 15 is 0 Å². The molecule has 2 aromatic carbocycles. The van der Waals surface area contributed by atoms with Crippen LogP contribution in [0.5, 0.6) is 0 Å². The minimum Gasteiger partial charge on any atom is -0.414 e. The third-order valence-corrected chi connectivity index (χ3v) is 6.41. The number of sulfone groups is 1. The van der Waals surface area contributed by atoms with Gasteiger partial charge in [-0.2, -0.15) is 0 Å². The summed E-state index contributed by atoms with van der Waals surface area (Å²) in [7, 11) is -3.60. The normalized spacial score (nSPS) is 12.1. The van der Waals surface area contributed by atoms with E-state index in [0.717, 1.165) is 6.42 Å². The number of hydrogen-bond donors (Lipinski definition) is 2. The summed E-state index contributed by atoms with van der Waals surface area (Å²) >= 11 is 0. The summed E-state index contributed by atoms with van der Waals surface area (Å²) in [6.07, 6.45) is 1.27. The van der Waals surface area contributed by atoms with Crippen molar-refractivity contribution < 1.29 is 27.2 Å². The monoisotopic (exact) mass is 497 g/mol. The first-order valence-electron chi connectivity index (χ1n) is 10.8. The molecule has 3 N–H and O–H groups in total. The van der Waals surface area contributed by atoms with E-state index in [-0.39, 0.29) is 36.8 Å². The zero-order valence-electron chi connectivity index (χ0n) is 18.8. The van der Waals surface area contributed by atoms with Gasteiger partial charge in [-0.05, 0) is 30.5 Å². The molecule has 11 heteroatoms. The van der Waals surface area contributed by atoms with Crippen molar-refractivity contribution >= 4 is 27.4 Å². The molecule has 1 heterocycles. The topological polar surface area (TPSA) is 162 Å². The number of carbonyl (C=O) groups excluding carboxylic acids is 3. The molecule has 0 spiro atoms. The van der Waals surface area contributed by atoms with Crippen LogP contribution in [0, 0.1) is 6.42 Å². The highest BCUT2D eigenvalue weighted by Gasteiger charge is 2.27. The molecule has 35 heavy (non-hydrogen) atoms. The number of ketones is 1. The van der Waals surface area contributed by atoms with E-state index in [0.29, 0.717) is 11.1 Å². The van der Waals surface area contributed by atoms with Crippen LogP contribution in [-0.2, 0) is 25.2 Å². The number of aromatic nitrogens is 2. The number of amides is 2. The van der Waals surface area contributed by atoms with E-state index in [9.17, 15) is 22.8 Å². The van der Waals surface area contributed by atoms with Crippen LogP contribution in [0.25, 0.3) is 11.5 Å². The average molecular weight is 498 g/mol. The molecule has 0 bridgehead atoms. The second kappa shape index (κ2) is 12.0. The van der Waals surface area contributed by atoms with Gasteiger partial charge in [-0.25, -0.2) is 8.42 Å². The van der Waals surface area contributed by atoms with Crippen LogP contribution in [0.1, 0.15) is 35.5 Å². The maximum absolute atomic E-state index is 13.0. The number of rotatable bonds is 13. The summed E-state index contributed by atoms with van der Waals surface area (Å²) in [5.74, 6) is -2.86. The fourth-order valence-corrected chi connectivity index (χ4v) is 4.46. The maximum atomic E-state index is 13.0. The van der Waals surface area contributed by atoms with Crippen molar-refractivity contribution in [3.8, 4) is 11.5 Å². The van der Waals surface area contributed by atoms with Gasteiger partial charge in [0.15, 0.2) is 9.84 Å². The number of nitrogens with one attached hydrogen (secondary N) is 1. The Hall–Kier alpha value is -3.86. The van der Waals surface area contributed by atoms with Crippen molar-refractivity contribution in [2.45, 2.75) is 31.1 Å². The molecule has 3 rings (SSSR count). The number of benzene rings is 2. The van der Waals surface area contributed by atoms with Crippen molar-refractivity contribution in [2.24, 2.45) is 5.73 Å². The van der Waals surface area contributed by atoms with Gasteiger partial charge in [0.05, 0.1) is 24.0 Å². The van der Waals surface area contributed by atoms with Crippen LogP contribution in [0.15, 0.2) is 65.1 Å². The second-order valence-corrected chi connectivity index (χ2v) is 9.92. The van der Waals surface area contributed by atoms with Gasteiger partial charge in [0.25, 0.3) is 5.89 Å². The molecule has 0 saturated heterocycles. The van der Waals surface area contributed by atoms with Gasteiger partial charge in [0.2, 0.25) is 23.5 Å². The minimum absolute atomic E-state index is 0.00786. The molecule has 0 aliphatic heterocycles. The molecule has 183 valence electrons. The molecule has 0 aliphatic rings. The van der Waals surface area contributed by atoms with Crippen LogP contribution >= 0.6 is 0 Å². The lowest BCUT2D eigenvalue weighted by atomic mass is 10.0. The Labute approximate surface area is 202 Å². The Morgan fingerprint density at radius 1 is 1.00 bits per heavy atom. The molecule has 2 amide bonds. The van der Waals surface area contributed by atoms with Crippen LogP contribution in [-0.4, -0.2) is 48.0 Å². The van der Waals surface area contributed by atoms with Crippen molar-refractivity contribution in [1.29, 1.82) is 0 Å². The molecule has 0 fully saturated rings.